The molecule has 278 valence electrons. The van der Waals surface area contributed by atoms with Crippen molar-refractivity contribution >= 4 is 11.9 Å². The number of nitrogens with zero attached hydrogens (tertiary/aromatic N) is 1. The van der Waals surface area contributed by atoms with Gasteiger partial charge in [-0.15, -0.1) is 0 Å². The van der Waals surface area contributed by atoms with Crippen molar-refractivity contribution in [2.45, 2.75) is 128 Å². The maximum Gasteiger partial charge on any atom is 0.430 e. The van der Waals surface area contributed by atoms with Gasteiger partial charge in [0.1, 0.15) is 17.0 Å². The van der Waals surface area contributed by atoms with Crippen LogP contribution < -0.4 is 14.8 Å². The van der Waals surface area contributed by atoms with Crippen LogP contribution in [-0.2, 0) is 28.8 Å². The topological polar surface area (TPSA) is 88.1 Å². The molecule has 1 saturated carbocycles. The smallest absolute Gasteiger partial charge is 0.430 e. The van der Waals surface area contributed by atoms with E-state index in [1.165, 1.54) is 0 Å². The number of hydrogen-bond acceptors (Lipinski definition) is 5. The SMILES string of the molecule is CCCc1cc(C(O)(C(F)(F)F)C(F)(F)F)cc(CCC2CCCCC2)c1OCCCCN1C(=O)NC(C)(c2ccc(OC(C)C)cc2)C1=O. The van der Waals surface area contributed by atoms with Crippen LogP contribution in [0.1, 0.15) is 108 Å². The van der Waals surface area contributed by atoms with Gasteiger partial charge in [0, 0.05) is 12.1 Å². The van der Waals surface area contributed by atoms with Crippen molar-refractivity contribution in [2.24, 2.45) is 5.92 Å². The summed E-state index contributed by atoms with van der Waals surface area (Å²) in [7, 11) is 0. The summed E-state index contributed by atoms with van der Waals surface area (Å²) < 4.78 is 95.3. The predicted molar refractivity (Wildman–Crippen MR) is 176 cm³/mol. The molecule has 1 heterocycles. The molecule has 50 heavy (non-hydrogen) atoms. The lowest BCUT2D eigenvalue weighted by Gasteiger charge is -2.34. The number of aryl methyl sites for hydroxylation is 2. The van der Waals surface area contributed by atoms with E-state index in [2.05, 4.69) is 5.32 Å². The maximum atomic E-state index is 13.9. The Hall–Kier alpha value is -3.48. The van der Waals surface area contributed by atoms with Crippen molar-refractivity contribution in [3.05, 3.63) is 58.7 Å². The second-order valence-electron chi connectivity index (χ2n) is 13.9. The minimum atomic E-state index is -6.00. The van der Waals surface area contributed by atoms with Crippen LogP contribution in [0.15, 0.2) is 36.4 Å². The molecule has 0 radical (unpaired) electrons. The average Bonchev–Trinajstić information content (AvgIpc) is 3.26. The highest BCUT2D eigenvalue weighted by atomic mass is 19.4. The van der Waals surface area contributed by atoms with Gasteiger partial charge in [-0.05, 0) is 99.7 Å². The van der Waals surface area contributed by atoms with Gasteiger partial charge in [0.25, 0.3) is 11.5 Å². The number of rotatable bonds is 15. The van der Waals surface area contributed by atoms with E-state index in [4.69, 9.17) is 9.47 Å². The predicted octanol–water partition coefficient (Wildman–Crippen LogP) is 8.88. The normalized spacial score (nSPS) is 19.3. The average molecular weight is 715 g/mol. The second kappa shape index (κ2) is 15.8. The number of ether oxygens (including phenoxy) is 2. The molecule has 2 N–H and O–H groups in total. The summed E-state index contributed by atoms with van der Waals surface area (Å²) in [5.74, 6) is 0.727. The molecule has 1 saturated heterocycles. The highest BCUT2D eigenvalue weighted by molar-refractivity contribution is 6.07. The number of nitrogens with one attached hydrogen (secondary N) is 1. The van der Waals surface area contributed by atoms with E-state index in [9.17, 15) is 41.0 Å². The van der Waals surface area contributed by atoms with Crippen molar-refractivity contribution in [3.63, 3.8) is 0 Å². The Morgan fingerprint density at radius 3 is 2.10 bits per heavy atom. The Labute approximate surface area is 289 Å². The number of alkyl halides is 6. The Morgan fingerprint density at radius 2 is 1.54 bits per heavy atom. The first-order valence-electron chi connectivity index (χ1n) is 17.5. The first-order valence-corrected chi connectivity index (χ1v) is 17.5. The minimum Gasteiger partial charge on any atom is -0.493 e. The Bertz CT molecular complexity index is 1460. The van der Waals surface area contributed by atoms with Crippen molar-refractivity contribution in [1.29, 1.82) is 0 Å². The molecule has 4 rings (SSSR count). The van der Waals surface area contributed by atoms with Gasteiger partial charge in [-0.25, -0.2) is 4.79 Å². The van der Waals surface area contributed by atoms with Crippen LogP contribution in [0.25, 0.3) is 0 Å². The molecule has 2 aliphatic rings. The summed E-state index contributed by atoms with van der Waals surface area (Å²) >= 11 is 0. The van der Waals surface area contributed by atoms with Crippen LogP contribution in [0.2, 0.25) is 0 Å². The Balaban J connectivity index is 1.49. The van der Waals surface area contributed by atoms with Crippen molar-refractivity contribution in [2.75, 3.05) is 13.2 Å². The van der Waals surface area contributed by atoms with E-state index in [1.54, 1.807) is 38.1 Å². The zero-order valence-corrected chi connectivity index (χ0v) is 29.1. The van der Waals surface area contributed by atoms with E-state index in [0.717, 1.165) is 49.1 Å². The summed E-state index contributed by atoms with van der Waals surface area (Å²) in [4.78, 5) is 27.4. The molecule has 13 heteroatoms. The summed E-state index contributed by atoms with van der Waals surface area (Å²) in [6, 6.07) is 7.93. The zero-order valence-electron chi connectivity index (χ0n) is 29.1. The van der Waals surface area contributed by atoms with E-state index in [0.29, 0.717) is 42.9 Å². The van der Waals surface area contributed by atoms with Crippen molar-refractivity contribution in [3.8, 4) is 11.5 Å². The molecule has 3 amide bonds. The third kappa shape index (κ3) is 8.51. The molecule has 1 unspecified atom stereocenters. The van der Waals surface area contributed by atoms with Crippen molar-refractivity contribution < 1.29 is 50.5 Å². The molecular weight excluding hydrogens is 666 g/mol. The highest BCUT2D eigenvalue weighted by Gasteiger charge is 2.71. The van der Waals surface area contributed by atoms with Crippen LogP contribution in [-0.4, -0.2) is 53.6 Å². The quantitative estimate of drug-likeness (QED) is 0.109. The minimum absolute atomic E-state index is 0.0294. The highest BCUT2D eigenvalue weighted by Crippen LogP contribution is 2.51. The monoisotopic (exact) mass is 714 g/mol. The number of halogens is 6. The van der Waals surface area contributed by atoms with Gasteiger partial charge in [-0.1, -0.05) is 57.6 Å². The lowest BCUT2D eigenvalue weighted by Crippen LogP contribution is -2.54. The van der Waals surface area contributed by atoms with E-state index in [1.807, 2.05) is 13.8 Å². The van der Waals surface area contributed by atoms with Crippen molar-refractivity contribution in [1.82, 2.24) is 10.2 Å². The third-order valence-corrected chi connectivity index (χ3v) is 9.65. The van der Waals surface area contributed by atoms with Gasteiger partial charge in [0.05, 0.1) is 12.7 Å². The number of hydrogen-bond donors (Lipinski definition) is 2. The summed E-state index contributed by atoms with van der Waals surface area (Å²) in [5, 5.41) is 13.0. The summed E-state index contributed by atoms with van der Waals surface area (Å²) in [6.07, 6.45) is -5.02. The molecule has 7 nitrogen and oxygen atoms in total. The summed E-state index contributed by atoms with van der Waals surface area (Å²) in [6.45, 7) is 7.29. The number of aliphatic hydroxyl groups is 1. The molecule has 1 atom stereocenters. The van der Waals surface area contributed by atoms with Gasteiger partial charge >= 0.3 is 18.4 Å². The number of unbranched alkanes of at least 4 members (excludes halogenated alkanes) is 1. The van der Waals surface area contributed by atoms with Crippen LogP contribution in [0.4, 0.5) is 31.1 Å². The molecule has 0 spiro atoms. The third-order valence-electron chi connectivity index (χ3n) is 9.65. The van der Waals surface area contributed by atoms with E-state index < -0.39 is 41.0 Å². The van der Waals surface area contributed by atoms with Crippen LogP contribution >= 0.6 is 0 Å². The van der Waals surface area contributed by atoms with Gasteiger partial charge in [-0.2, -0.15) is 26.3 Å². The van der Waals surface area contributed by atoms with Gasteiger partial charge < -0.3 is 19.9 Å². The van der Waals surface area contributed by atoms with Crippen LogP contribution in [0.3, 0.4) is 0 Å². The Morgan fingerprint density at radius 1 is 0.940 bits per heavy atom. The van der Waals surface area contributed by atoms with Crippen LogP contribution in [0, 0.1) is 5.92 Å². The maximum absolute atomic E-state index is 13.9. The van der Waals surface area contributed by atoms with E-state index in [-0.39, 0.29) is 49.0 Å². The second-order valence-corrected chi connectivity index (χ2v) is 13.9. The fourth-order valence-electron chi connectivity index (χ4n) is 6.89. The number of carbonyl (C=O) groups is 2. The van der Waals surface area contributed by atoms with Gasteiger partial charge in [0.15, 0.2) is 0 Å². The number of imide groups is 1. The standard InChI is InChI=1S/C37H48F6N2O5/c1-5-11-26-22-29(35(48,36(38,39)40)37(41,42)43)23-27(15-14-25-12-7-6-8-13-25)31(26)49-21-10-9-20-45-32(46)34(4,44-33(45)47)28-16-18-30(19-17-28)50-24(2)3/h16-19,22-25,48H,5-15,20-21H2,1-4H3,(H,44,47). The molecule has 0 bridgehead atoms. The van der Waals surface area contributed by atoms with Gasteiger partial charge in [0.2, 0.25) is 0 Å². The number of urea groups is 1. The first kappa shape index (κ1) is 39.3. The fraction of sp³-hybridized carbons (Fsp3) is 0.622. The Kier molecular flexibility index (Phi) is 12.4. The molecule has 2 aromatic rings. The van der Waals surface area contributed by atoms with Crippen LogP contribution in [0.5, 0.6) is 11.5 Å². The number of amides is 3. The number of carbonyl (C=O) groups excluding carboxylic acids is 2. The lowest BCUT2D eigenvalue weighted by molar-refractivity contribution is -0.376. The molecule has 2 fully saturated rings. The molecular formula is C37H48F6N2O5. The first-order chi connectivity index (χ1) is 23.4. The molecule has 2 aromatic carbocycles. The van der Waals surface area contributed by atoms with Gasteiger partial charge in [-0.3, -0.25) is 9.69 Å². The number of benzene rings is 2. The molecule has 1 aliphatic carbocycles. The zero-order chi connectivity index (χ0) is 36.9. The fourth-order valence-corrected chi connectivity index (χ4v) is 6.89. The van der Waals surface area contributed by atoms with E-state index >= 15 is 0 Å². The summed E-state index contributed by atoms with van der Waals surface area (Å²) in [5.41, 5.74) is -6.64. The lowest BCUT2D eigenvalue weighted by atomic mass is 9.83. The molecule has 0 aromatic heterocycles. The molecule has 1 aliphatic heterocycles. The largest absolute Gasteiger partial charge is 0.493 e.